The number of piperidine rings is 2. The minimum absolute atomic E-state index is 0.0513. The molecule has 0 aromatic carbocycles. The van der Waals surface area contributed by atoms with Gasteiger partial charge in [-0.15, -0.1) is 0 Å². The van der Waals surface area contributed by atoms with Crippen LogP contribution in [-0.2, 0) is 0 Å². The van der Waals surface area contributed by atoms with Gasteiger partial charge in [0, 0.05) is 38.6 Å². The molecule has 0 saturated carbocycles. The molecule has 2 amide bonds. The molecule has 2 aliphatic heterocycles. The molecule has 4 aromatic rings. The quantitative estimate of drug-likeness (QED) is 0.472. The van der Waals surface area contributed by atoms with E-state index < -0.39 is 0 Å². The van der Waals surface area contributed by atoms with Gasteiger partial charge >= 0.3 is 0 Å². The van der Waals surface area contributed by atoms with Crippen LogP contribution in [0.15, 0.2) is 49.1 Å². The van der Waals surface area contributed by atoms with Crippen LogP contribution >= 0.6 is 0 Å². The smallest absolute Gasteiger partial charge is 0.274 e. The number of hydrogen-bond donors (Lipinski definition) is 0. The Balaban J connectivity index is 1.17. The number of aromatic nitrogens is 5. The van der Waals surface area contributed by atoms with Crippen LogP contribution in [0.1, 0.15) is 64.4 Å². The second-order valence-corrected chi connectivity index (χ2v) is 9.22. The van der Waals surface area contributed by atoms with Crippen LogP contribution in [-0.4, -0.2) is 72.0 Å². The summed E-state index contributed by atoms with van der Waals surface area (Å²) in [6.07, 6.45) is 12.1. The van der Waals surface area contributed by atoms with Gasteiger partial charge in [-0.3, -0.25) is 9.59 Å². The Labute approximate surface area is 197 Å². The number of likely N-dealkylation sites (tertiary alicyclic amines) is 2. The number of amides is 2. The molecule has 0 bridgehead atoms. The molecule has 6 rings (SSSR count). The summed E-state index contributed by atoms with van der Waals surface area (Å²) in [6, 6.07) is 7.85. The van der Waals surface area contributed by atoms with E-state index in [1.54, 1.807) is 27.6 Å². The number of fused-ring (bicyclic) bond motifs is 2. The molecule has 34 heavy (non-hydrogen) atoms. The zero-order valence-electron chi connectivity index (χ0n) is 19.0. The summed E-state index contributed by atoms with van der Waals surface area (Å²) in [5.41, 5.74) is 3.84. The highest BCUT2D eigenvalue weighted by molar-refractivity contribution is 6.00. The number of nitrogens with zero attached hydrogens (tertiary/aromatic N) is 7. The Bertz CT molecular complexity index is 1330. The predicted octanol–water partition coefficient (Wildman–Crippen LogP) is 3.02. The first-order valence-corrected chi connectivity index (χ1v) is 12.0. The van der Waals surface area contributed by atoms with Crippen LogP contribution < -0.4 is 0 Å². The predicted molar refractivity (Wildman–Crippen MR) is 126 cm³/mol. The lowest BCUT2D eigenvalue weighted by Gasteiger charge is -2.32. The molecule has 0 spiro atoms. The fourth-order valence-corrected chi connectivity index (χ4v) is 5.20. The summed E-state index contributed by atoms with van der Waals surface area (Å²) in [5, 5.41) is 8.61. The van der Waals surface area contributed by atoms with Crippen LogP contribution in [0, 0.1) is 0 Å². The van der Waals surface area contributed by atoms with Crippen molar-refractivity contribution in [2.45, 2.75) is 38.0 Å². The van der Waals surface area contributed by atoms with E-state index in [-0.39, 0.29) is 11.8 Å². The number of carbonyl (C=O) groups excluding carboxylic acids is 2. The Kier molecular flexibility index (Phi) is 5.24. The molecule has 0 unspecified atom stereocenters. The molecule has 0 aliphatic carbocycles. The number of pyridine rings is 1. The summed E-state index contributed by atoms with van der Waals surface area (Å²) in [6.45, 7) is 3.00. The maximum absolute atomic E-state index is 13.1. The van der Waals surface area contributed by atoms with Crippen molar-refractivity contribution in [1.29, 1.82) is 0 Å². The molecule has 0 N–H and O–H groups in total. The highest BCUT2D eigenvalue weighted by Crippen LogP contribution is 2.30. The van der Waals surface area contributed by atoms with Crippen LogP contribution in [0.3, 0.4) is 0 Å². The molecule has 174 valence electrons. The highest BCUT2D eigenvalue weighted by atomic mass is 16.2. The Hall–Kier alpha value is -3.75. The fourth-order valence-electron chi connectivity index (χ4n) is 5.20. The monoisotopic (exact) mass is 457 g/mol. The second kappa shape index (κ2) is 8.55. The van der Waals surface area contributed by atoms with Crippen molar-refractivity contribution in [2.24, 2.45) is 0 Å². The van der Waals surface area contributed by atoms with Gasteiger partial charge < -0.3 is 9.80 Å². The second-order valence-electron chi connectivity index (χ2n) is 9.22. The van der Waals surface area contributed by atoms with E-state index in [1.807, 2.05) is 28.1 Å². The summed E-state index contributed by atoms with van der Waals surface area (Å²) in [4.78, 5) is 34.3. The third-order valence-electron chi connectivity index (χ3n) is 7.13. The maximum atomic E-state index is 13.1. The molecule has 9 nitrogen and oxygen atoms in total. The van der Waals surface area contributed by atoms with Crippen molar-refractivity contribution in [1.82, 2.24) is 34.0 Å². The first-order chi connectivity index (χ1) is 16.7. The summed E-state index contributed by atoms with van der Waals surface area (Å²) >= 11 is 0. The molecule has 2 fully saturated rings. The van der Waals surface area contributed by atoms with Gasteiger partial charge in [-0.2, -0.15) is 10.2 Å². The average molecular weight is 458 g/mol. The third-order valence-corrected chi connectivity index (χ3v) is 7.13. The zero-order chi connectivity index (χ0) is 23.1. The average Bonchev–Trinajstić information content (AvgIpc) is 3.52. The van der Waals surface area contributed by atoms with Crippen molar-refractivity contribution >= 4 is 23.0 Å². The molecule has 0 radical (unpaired) electrons. The van der Waals surface area contributed by atoms with Gasteiger partial charge in [0.25, 0.3) is 11.8 Å². The van der Waals surface area contributed by atoms with Gasteiger partial charge in [0.1, 0.15) is 5.69 Å². The van der Waals surface area contributed by atoms with E-state index in [2.05, 4.69) is 27.3 Å². The SMILES string of the molecule is O=C(c1cn2ncccc2n1)N1CCC(c2ccn3ncc(C(=O)N4CCCCC4)c3c2)CC1. The lowest BCUT2D eigenvalue weighted by atomic mass is 9.89. The lowest BCUT2D eigenvalue weighted by molar-refractivity contribution is 0.0704. The molecule has 0 atom stereocenters. The van der Waals surface area contributed by atoms with Gasteiger partial charge in [0.05, 0.1) is 23.5 Å². The summed E-state index contributed by atoms with van der Waals surface area (Å²) in [5.74, 6) is 0.364. The van der Waals surface area contributed by atoms with E-state index in [1.165, 1.54) is 12.0 Å². The van der Waals surface area contributed by atoms with Gasteiger partial charge in [-0.1, -0.05) is 0 Å². The van der Waals surface area contributed by atoms with E-state index in [0.29, 0.717) is 35.9 Å². The minimum Gasteiger partial charge on any atom is -0.339 e. The fraction of sp³-hybridized carbons (Fsp3) is 0.400. The summed E-state index contributed by atoms with van der Waals surface area (Å²) < 4.78 is 3.42. The number of carbonyl (C=O) groups is 2. The molecule has 2 aliphatic rings. The third kappa shape index (κ3) is 3.70. The number of hydrogen-bond acceptors (Lipinski definition) is 5. The van der Waals surface area contributed by atoms with Crippen LogP contribution in [0.25, 0.3) is 11.2 Å². The Morgan fingerprint density at radius 1 is 0.882 bits per heavy atom. The molecular formula is C25H27N7O2. The Morgan fingerprint density at radius 3 is 2.47 bits per heavy atom. The van der Waals surface area contributed by atoms with Crippen molar-refractivity contribution in [3.05, 3.63) is 65.9 Å². The molecule has 9 heteroatoms. The topological polar surface area (TPSA) is 88.1 Å². The largest absolute Gasteiger partial charge is 0.339 e. The van der Waals surface area contributed by atoms with E-state index in [9.17, 15) is 9.59 Å². The van der Waals surface area contributed by atoms with Crippen molar-refractivity contribution < 1.29 is 9.59 Å². The Morgan fingerprint density at radius 2 is 1.68 bits per heavy atom. The first-order valence-electron chi connectivity index (χ1n) is 12.0. The van der Waals surface area contributed by atoms with Crippen LogP contribution in [0.5, 0.6) is 0 Å². The van der Waals surface area contributed by atoms with Crippen molar-refractivity contribution in [2.75, 3.05) is 26.2 Å². The maximum Gasteiger partial charge on any atom is 0.274 e. The molecule has 4 aromatic heterocycles. The van der Waals surface area contributed by atoms with Crippen LogP contribution in [0.2, 0.25) is 0 Å². The normalized spacial score (nSPS) is 17.5. The number of rotatable bonds is 3. The van der Waals surface area contributed by atoms with Gasteiger partial charge in [-0.25, -0.2) is 14.0 Å². The zero-order valence-corrected chi connectivity index (χ0v) is 19.0. The highest BCUT2D eigenvalue weighted by Gasteiger charge is 2.27. The van der Waals surface area contributed by atoms with Gasteiger partial charge in [0.15, 0.2) is 5.65 Å². The van der Waals surface area contributed by atoms with Crippen LogP contribution in [0.4, 0.5) is 0 Å². The number of imidazole rings is 1. The molecular weight excluding hydrogens is 430 g/mol. The standard InChI is InChI=1S/C25H27N7O2/c33-24(29-10-2-1-3-11-29)20-16-27-31-14-8-19(15-22(20)31)18-6-12-30(13-7-18)25(34)21-17-32-23(28-21)5-4-9-26-32/h4-5,8-9,14-18H,1-3,6-7,10-13H2. The van der Waals surface area contributed by atoms with Crippen molar-refractivity contribution in [3.63, 3.8) is 0 Å². The molecule has 6 heterocycles. The minimum atomic E-state index is -0.0513. The van der Waals surface area contributed by atoms with E-state index in [4.69, 9.17) is 0 Å². The lowest BCUT2D eigenvalue weighted by Crippen LogP contribution is -2.38. The van der Waals surface area contributed by atoms with Gasteiger partial charge in [0.2, 0.25) is 0 Å². The van der Waals surface area contributed by atoms with E-state index >= 15 is 0 Å². The van der Waals surface area contributed by atoms with E-state index in [0.717, 1.165) is 44.3 Å². The summed E-state index contributed by atoms with van der Waals surface area (Å²) in [7, 11) is 0. The van der Waals surface area contributed by atoms with Crippen molar-refractivity contribution in [3.8, 4) is 0 Å². The molecule has 2 saturated heterocycles. The first kappa shape index (κ1) is 20.8. The van der Waals surface area contributed by atoms with Gasteiger partial charge in [-0.05, 0) is 67.9 Å².